The molecule has 3 rings (SSSR count). The zero-order valence-electron chi connectivity index (χ0n) is 17.3. The summed E-state index contributed by atoms with van der Waals surface area (Å²) in [5.41, 5.74) is 4.22. The van der Waals surface area contributed by atoms with Crippen LogP contribution in [0.3, 0.4) is 0 Å². The highest BCUT2D eigenvalue weighted by Gasteiger charge is 2.08. The van der Waals surface area contributed by atoms with Crippen LogP contribution >= 0.6 is 0 Å². The molecular weight excluding hydrogens is 356 g/mol. The number of rotatable bonds is 10. The van der Waals surface area contributed by atoms with E-state index < -0.39 is 0 Å². The minimum absolute atomic E-state index is 0.336. The molecule has 150 valence electrons. The van der Waals surface area contributed by atoms with Crippen molar-refractivity contribution in [2.45, 2.75) is 51.9 Å². The van der Waals surface area contributed by atoms with E-state index in [1.807, 2.05) is 42.5 Å². The third-order valence-corrected chi connectivity index (χ3v) is 5.18. The first-order chi connectivity index (χ1) is 14.3. The van der Waals surface area contributed by atoms with Crippen molar-refractivity contribution in [2.75, 3.05) is 0 Å². The Bertz CT molecular complexity index is 865. The van der Waals surface area contributed by atoms with Crippen LogP contribution < -0.4 is 4.74 Å². The number of aryl methyl sites for hydroxylation is 1. The van der Waals surface area contributed by atoms with Gasteiger partial charge in [-0.15, -0.1) is 0 Å². The molecular formula is C27H30O2. The number of unbranched alkanes of at least 4 members (excludes halogenated alkanes) is 5. The molecule has 0 bridgehead atoms. The van der Waals surface area contributed by atoms with Gasteiger partial charge in [-0.25, -0.2) is 4.79 Å². The Labute approximate surface area is 174 Å². The summed E-state index contributed by atoms with van der Waals surface area (Å²) in [6.07, 6.45) is 9.11. The van der Waals surface area contributed by atoms with Crippen LogP contribution in [0, 0.1) is 0 Å². The van der Waals surface area contributed by atoms with Crippen molar-refractivity contribution in [3.8, 4) is 16.9 Å². The van der Waals surface area contributed by atoms with Crippen molar-refractivity contribution in [2.24, 2.45) is 0 Å². The Morgan fingerprint density at radius 3 is 1.93 bits per heavy atom. The monoisotopic (exact) mass is 386 g/mol. The van der Waals surface area contributed by atoms with Crippen molar-refractivity contribution < 1.29 is 9.53 Å². The Kier molecular flexibility index (Phi) is 8.06. The van der Waals surface area contributed by atoms with Gasteiger partial charge in [-0.05, 0) is 53.8 Å². The van der Waals surface area contributed by atoms with Crippen molar-refractivity contribution in [1.29, 1.82) is 0 Å². The van der Waals surface area contributed by atoms with Gasteiger partial charge >= 0.3 is 5.97 Å². The summed E-state index contributed by atoms with van der Waals surface area (Å²) >= 11 is 0. The molecule has 0 atom stereocenters. The molecule has 0 spiro atoms. The summed E-state index contributed by atoms with van der Waals surface area (Å²) in [6, 6.07) is 25.5. The van der Waals surface area contributed by atoms with E-state index in [0.717, 1.165) is 12.0 Å². The van der Waals surface area contributed by atoms with Crippen LogP contribution in [0.5, 0.6) is 5.75 Å². The van der Waals surface area contributed by atoms with Crippen LogP contribution in [0.4, 0.5) is 0 Å². The molecule has 3 aromatic rings. The maximum absolute atomic E-state index is 12.3. The lowest BCUT2D eigenvalue weighted by Crippen LogP contribution is -2.08. The van der Waals surface area contributed by atoms with Crippen LogP contribution in [-0.2, 0) is 6.42 Å². The van der Waals surface area contributed by atoms with Crippen LogP contribution in [0.25, 0.3) is 11.1 Å². The van der Waals surface area contributed by atoms with Crippen molar-refractivity contribution in [1.82, 2.24) is 0 Å². The average molecular weight is 387 g/mol. The van der Waals surface area contributed by atoms with Gasteiger partial charge in [0.05, 0.1) is 5.56 Å². The highest BCUT2D eigenvalue weighted by atomic mass is 16.5. The molecule has 0 aliphatic heterocycles. The fraction of sp³-hybridized carbons (Fsp3) is 0.296. The first kappa shape index (κ1) is 20.9. The van der Waals surface area contributed by atoms with Gasteiger partial charge in [0.2, 0.25) is 0 Å². The fourth-order valence-electron chi connectivity index (χ4n) is 3.43. The number of hydrogen-bond donors (Lipinski definition) is 0. The Morgan fingerprint density at radius 1 is 0.690 bits per heavy atom. The normalized spacial score (nSPS) is 10.7. The van der Waals surface area contributed by atoms with Gasteiger partial charge in [-0.1, -0.05) is 93.6 Å². The van der Waals surface area contributed by atoms with Gasteiger partial charge in [0.15, 0.2) is 0 Å². The molecule has 0 saturated carbocycles. The molecule has 0 heterocycles. The molecule has 0 aliphatic rings. The number of para-hydroxylation sites is 1. The fourth-order valence-corrected chi connectivity index (χ4v) is 3.43. The summed E-state index contributed by atoms with van der Waals surface area (Å²) in [7, 11) is 0. The lowest BCUT2D eigenvalue weighted by Gasteiger charge is -2.07. The van der Waals surface area contributed by atoms with E-state index in [1.54, 1.807) is 12.1 Å². The quantitative estimate of drug-likeness (QED) is 0.205. The van der Waals surface area contributed by atoms with Crippen LogP contribution in [0.1, 0.15) is 61.4 Å². The van der Waals surface area contributed by atoms with Crippen LogP contribution in [0.2, 0.25) is 0 Å². The Hall–Kier alpha value is -2.87. The van der Waals surface area contributed by atoms with E-state index in [0.29, 0.717) is 11.3 Å². The molecule has 0 N–H and O–H groups in total. The van der Waals surface area contributed by atoms with Gasteiger partial charge in [-0.2, -0.15) is 0 Å². The molecule has 29 heavy (non-hydrogen) atoms. The number of hydrogen-bond acceptors (Lipinski definition) is 2. The third kappa shape index (κ3) is 6.60. The highest BCUT2D eigenvalue weighted by Crippen LogP contribution is 2.22. The number of benzene rings is 3. The zero-order valence-corrected chi connectivity index (χ0v) is 17.3. The maximum Gasteiger partial charge on any atom is 0.343 e. The second-order valence-electron chi connectivity index (χ2n) is 7.49. The van der Waals surface area contributed by atoms with E-state index in [9.17, 15) is 4.79 Å². The Morgan fingerprint density at radius 2 is 1.28 bits per heavy atom. The third-order valence-electron chi connectivity index (χ3n) is 5.18. The highest BCUT2D eigenvalue weighted by molar-refractivity contribution is 5.91. The lowest BCUT2D eigenvalue weighted by molar-refractivity contribution is 0.0735. The summed E-state index contributed by atoms with van der Waals surface area (Å²) in [5, 5.41) is 0. The molecule has 0 saturated heterocycles. The van der Waals surface area contributed by atoms with E-state index in [1.165, 1.54) is 49.7 Å². The number of carbonyl (C=O) groups is 1. The molecule has 3 aromatic carbocycles. The van der Waals surface area contributed by atoms with E-state index >= 15 is 0 Å². The lowest BCUT2D eigenvalue weighted by atomic mass is 10.00. The molecule has 0 radical (unpaired) electrons. The smallest absolute Gasteiger partial charge is 0.343 e. The molecule has 0 aliphatic carbocycles. The second kappa shape index (κ2) is 11.2. The van der Waals surface area contributed by atoms with Crippen LogP contribution in [-0.4, -0.2) is 5.97 Å². The molecule has 0 fully saturated rings. The number of carbonyl (C=O) groups excluding carboxylic acids is 1. The minimum atomic E-state index is -0.336. The van der Waals surface area contributed by atoms with Crippen LogP contribution in [0.15, 0.2) is 78.9 Å². The number of ether oxygens (including phenoxy) is 1. The molecule has 0 aromatic heterocycles. The second-order valence-corrected chi connectivity index (χ2v) is 7.49. The van der Waals surface area contributed by atoms with Gasteiger partial charge in [-0.3, -0.25) is 0 Å². The van der Waals surface area contributed by atoms with E-state index in [2.05, 4.69) is 31.2 Å². The van der Waals surface area contributed by atoms with Crippen molar-refractivity contribution >= 4 is 5.97 Å². The molecule has 0 unspecified atom stereocenters. The van der Waals surface area contributed by atoms with E-state index in [-0.39, 0.29) is 5.97 Å². The SMILES string of the molecule is CCCCCCCCc1ccc(-c2ccc(C(=O)Oc3ccccc3)cc2)cc1. The predicted octanol–water partition coefficient (Wildman–Crippen LogP) is 7.48. The standard InChI is InChI=1S/C27H30O2/c1-2-3-4-5-6-8-11-22-14-16-23(17-15-22)24-18-20-25(21-19-24)27(28)29-26-12-9-7-10-13-26/h7,9-10,12-21H,2-6,8,11H2,1H3. The first-order valence-electron chi connectivity index (χ1n) is 10.7. The molecule has 2 nitrogen and oxygen atoms in total. The maximum atomic E-state index is 12.3. The van der Waals surface area contributed by atoms with Gasteiger partial charge in [0.1, 0.15) is 5.75 Å². The first-order valence-corrected chi connectivity index (χ1v) is 10.7. The van der Waals surface area contributed by atoms with Gasteiger partial charge < -0.3 is 4.74 Å². The average Bonchev–Trinajstić information content (AvgIpc) is 2.77. The van der Waals surface area contributed by atoms with Gasteiger partial charge in [0.25, 0.3) is 0 Å². The summed E-state index contributed by atoms with van der Waals surface area (Å²) in [6.45, 7) is 2.26. The number of esters is 1. The topological polar surface area (TPSA) is 26.3 Å². The van der Waals surface area contributed by atoms with E-state index in [4.69, 9.17) is 4.74 Å². The van der Waals surface area contributed by atoms with Crippen molar-refractivity contribution in [3.05, 3.63) is 90.0 Å². The minimum Gasteiger partial charge on any atom is -0.423 e. The Balaban J connectivity index is 1.52. The molecule has 0 amide bonds. The summed E-state index contributed by atoms with van der Waals surface area (Å²) in [5.74, 6) is 0.222. The predicted molar refractivity (Wildman–Crippen MR) is 120 cm³/mol. The molecule has 2 heteroatoms. The van der Waals surface area contributed by atoms with Gasteiger partial charge in [0, 0.05) is 0 Å². The largest absolute Gasteiger partial charge is 0.423 e. The zero-order chi connectivity index (χ0) is 20.3. The van der Waals surface area contributed by atoms with Crippen molar-refractivity contribution in [3.63, 3.8) is 0 Å². The summed E-state index contributed by atoms with van der Waals surface area (Å²) < 4.78 is 5.39. The summed E-state index contributed by atoms with van der Waals surface area (Å²) in [4.78, 5) is 12.3.